The molecule has 0 spiro atoms. The summed E-state index contributed by atoms with van der Waals surface area (Å²) in [5, 5.41) is 14.4. The van der Waals surface area contributed by atoms with E-state index in [1.165, 1.54) is 0 Å². The van der Waals surface area contributed by atoms with Crippen LogP contribution in [0.2, 0.25) is 5.02 Å². The van der Waals surface area contributed by atoms with E-state index in [-0.39, 0.29) is 5.75 Å². The molecule has 2 rings (SSSR count). The van der Waals surface area contributed by atoms with Crippen LogP contribution in [0.1, 0.15) is 18.3 Å². The molecule has 18 heavy (non-hydrogen) atoms. The van der Waals surface area contributed by atoms with E-state index in [0.717, 1.165) is 33.6 Å². The van der Waals surface area contributed by atoms with Gasteiger partial charge in [-0.2, -0.15) is 5.10 Å². The fraction of sp³-hybridized carbons (Fsp3) is 0.308. The van der Waals surface area contributed by atoms with Crippen LogP contribution in [0.3, 0.4) is 0 Å². The average Bonchev–Trinajstić information content (AvgIpc) is 2.65. The minimum atomic E-state index is 0.284. The molecule has 0 atom stereocenters. The van der Waals surface area contributed by atoms with E-state index in [2.05, 4.69) is 12.0 Å². The van der Waals surface area contributed by atoms with Gasteiger partial charge in [0.25, 0.3) is 0 Å². The molecule has 0 aliphatic heterocycles. The number of hydrogen-bond donors (Lipinski definition) is 1. The monoisotopic (exact) mass is 282 g/mol. The van der Waals surface area contributed by atoms with Crippen molar-refractivity contribution >= 4 is 23.4 Å². The number of aromatic hydroxyl groups is 1. The maximum Gasteiger partial charge on any atom is 0.115 e. The summed E-state index contributed by atoms with van der Waals surface area (Å²) in [6.07, 6.45) is 0. The molecule has 1 N–H and O–H groups in total. The number of aromatic nitrogens is 2. The topological polar surface area (TPSA) is 38.0 Å². The van der Waals surface area contributed by atoms with Crippen LogP contribution in [0.25, 0.3) is 0 Å². The van der Waals surface area contributed by atoms with Crippen LogP contribution in [0.5, 0.6) is 5.75 Å². The molecular formula is C13H15ClN2OS. The molecule has 0 saturated carbocycles. The molecule has 0 fully saturated rings. The average molecular weight is 283 g/mol. The van der Waals surface area contributed by atoms with Crippen molar-refractivity contribution in [2.75, 3.05) is 0 Å². The van der Waals surface area contributed by atoms with Crippen molar-refractivity contribution in [3.8, 4) is 5.75 Å². The Balaban J connectivity index is 2.12. The minimum absolute atomic E-state index is 0.284. The summed E-state index contributed by atoms with van der Waals surface area (Å²) in [5.74, 6) is 1.06. The number of hydrogen-bond acceptors (Lipinski definition) is 3. The van der Waals surface area contributed by atoms with Gasteiger partial charge in [-0.05, 0) is 38.1 Å². The molecule has 0 bridgehead atoms. The zero-order valence-corrected chi connectivity index (χ0v) is 11.9. The highest BCUT2D eigenvalue weighted by Gasteiger charge is 2.12. The van der Waals surface area contributed by atoms with E-state index in [1.807, 2.05) is 23.7 Å². The summed E-state index contributed by atoms with van der Waals surface area (Å²) in [4.78, 5) is 1.10. The smallest absolute Gasteiger partial charge is 0.115 e. The lowest BCUT2D eigenvalue weighted by Crippen LogP contribution is -2.01. The van der Waals surface area contributed by atoms with Crippen molar-refractivity contribution in [2.24, 2.45) is 0 Å². The number of halogens is 1. The Kier molecular flexibility index (Phi) is 4.19. The zero-order valence-electron chi connectivity index (χ0n) is 10.4. The first-order valence-electron chi connectivity index (χ1n) is 5.75. The van der Waals surface area contributed by atoms with Gasteiger partial charge in [0, 0.05) is 17.2 Å². The number of aryl methyl sites for hydroxylation is 2. The predicted molar refractivity (Wildman–Crippen MR) is 75.3 cm³/mol. The molecule has 0 aliphatic carbocycles. The molecule has 96 valence electrons. The number of thioether (sulfide) groups is 1. The summed E-state index contributed by atoms with van der Waals surface area (Å²) >= 11 is 7.93. The number of rotatable bonds is 4. The van der Waals surface area contributed by atoms with Crippen LogP contribution >= 0.6 is 23.4 Å². The quantitative estimate of drug-likeness (QED) is 0.865. The Bertz CT molecular complexity index is 537. The van der Waals surface area contributed by atoms with Gasteiger partial charge in [0.05, 0.1) is 16.4 Å². The van der Waals surface area contributed by atoms with E-state index < -0.39 is 0 Å². The van der Waals surface area contributed by atoms with Gasteiger partial charge < -0.3 is 5.11 Å². The van der Waals surface area contributed by atoms with E-state index in [0.29, 0.717) is 0 Å². The third kappa shape index (κ3) is 2.82. The molecular weight excluding hydrogens is 268 g/mol. The SMILES string of the molecule is CCn1nc(C)c(Cl)c1CSc1ccc(O)cc1. The summed E-state index contributed by atoms with van der Waals surface area (Å²) in [5.41, 5.74) is 1.93. The fourth-order valence-electron chi connectivity index (χ4n) is 1.70. The summed E-state index contributed by atoms with van der Waals surface area (Å²) in [6.45, 7) is 4.79. The number of phenolic OH excluding ortho intramolecular Hbond substituents is 1. The van der Waals surface area contributed by atoms with Gasteiger partial charge in [-0.15, -0.1) is 11.8 Å². The first-order chi connectivity index (χ1) is 8.61. The molecule has 3 nitrogen and oxygen atoms in total. The fourth-order valence-corrected chi connectivity index (χ4v) is 2.91. The first kappa shape index (κ1) is 13.3. The lowest BCUT2D eigenvalue weighted by Gasteiger charge is -2.05. The van der Waals surface area contributed by atoms with Gasteiger partial charge in [-0.25, -0.2) is 0 Å². The second kappa shape index (κ2) is 5.67. The second-order valence-corrected chi connectivity index (χ2v) is 5.37. The van der Waals surface area contributed by atoms with Gasteiger partial charge >= 0.3 is 0 Å². The van der Waals surface area contributed by atoms with E-state index in [4.69, 9.17) is 11.6 Å². The van der Waals surface area contributed by atoms with Crippen LogP contribution in [0, 0.1) is 6.92 Å². The Morgan fingerprint density at radius 3 is 2.61 bits per heavy atom. The molecule has 0 saturated heterocycles. The molecule has 0 unspecified atom stereocenters. The third-order valence-electron chi connectivity index (χ3n) is 2.67. The second-order valence-electron chi connectivity index (χ2n) is 3.94. The Morgan fingerprint density at radius 2 is 2.00 bits per heavy atom. The highest BCUT2D eigenvalue weighted by atomic mass is 35.5. The van der Waals surface area contributed by atoms with E-state index in [1.54, 1.807) is 23.9 Å². The summed E-state index contributed by atoms with van der Waals surface area (Å²) < 4.78 is 1.94. The molecule has 0 radical (unpaired) electrons. The van der Waals surface area contributed by atoms with Crippen LogP contribution in [0.15, 0.2) is 29.2 Å². The largest absolute Gasteiger partial charge is 0.508 e. The van der Waals surface area contributed by atoms with E-state index in [9.17, 15) is 5.11 Å². The van der Waals surface area contributed by atoms with E-state index >= 15 is 0 Å². The Morgan fingerprint density at radius 1 is 1.33 bits per heavy atom. The van der Waals surface area contributed by atoms with Crippen molar-refractivity contribution in [2.45, 2.75) is 31.0 Å². The third-order valence-corrected chi connectivity index (χ3v) is 4.18. The van der Waals surface area contributed by atoms with Crippen molar-refractivity contribution in [1.29, 1.82) is 0 Å². The van der Waals surface area contributed by atoms with Gasteiger partial charge in [0.1, 0.15) is 5.75 Å². The van der Waals surface area contributed by atoms with Crippen LogP contribution in [-0.2, 0) is 12.3 Å². The minimum Gasteiger partial charge on any atom is -0.508 e. The van der Waals surface area contributed by atoms with Gasteiger partial charge in [0.2, 0.25) is 0 Å². The molecule has 2 aromatic rings. The van der Waals surface area contributed by atoms with Gasteiger partial charge in [0.15, 0.2) is 0 Å². The van der Waals surface area contributed by atoms with Crippen LogP contribution < -0.4 is 0 Å². The van der Waals surface area contributed by atoms with Gasteiger partial charge in [-0.1, -0.05) is 11.6 Å². The standard InChI is InChI=1S/C13H15ClN2OS/c1-3-16-12(13(14)9(2)15-16)8-18-11-6-4-10(17)5-7-11/h4-7,17H,3,8H2,1-2H3. The van der Waals surface area contributed by atoms with Gasteiger partial charge in [-0.3, -0.25) is 4.68 Å². The maximum atomic E-state index is 9.23. The predicted octanol–water partition coefficient (Wildman–Crippen LogP) is 3.86. The normalized spacial score (nSPS) is 10.8. The number of nitrogens with zero attached hydrogens (tertiary/aromatic N) is 2. The van der Waals surface area contributed by atoms with Crippen molar-refractivity contribution in [3.63, 3.8) is 0 Å². The maximum absolute atomic E-state index is 9.23. The molecule has 1 aromatic carbocycles. The molecule has 1 aromatic heterocycles. The highest BCUT2D eigenvalue weighted by molar-refractivity contribution is 7.98. The highest BCUT2D eigenvalue weighted by Crippen LogP contribution is 2.29. The van der Waals surface area contributed by atoms with Crippen molar-refractivity contribution < 1.29 is 5.11 Å². The van der Waals surface area contributed by atoms with Crippen LogP contribution in [-0.4, -0.2) is 14.9 Å². The zero-order chi connectivity index (χ0) is 13.1. The first-order valence-corrected chi connectivity index (χ1v) is 7.11. The molecule has 1 heterocycles. The molecule has 0 aliphatic rings. The van der Waals surface area contributed by atoms with Crippen molar-refractivity contribution in [3.05, 3.63) is 40.7 Å². The number of benzene rings is 1. The number of phenols is 1. The summed E-state index contributed by atoms with van der Waals surface area (Å²) in [7, 11) is 0. The Hall–Kier alpha value is -1.13. The van der Waals surface area contributed by atoms with Crippen LogP contribution in [0.4, 0.5) is 0 Å². The van der Waals surface area contributed by atoms with Crippen molar-refractivity contribution in [1.82, 2.24) is 9.78 Å². The lowest BCUT2D eigenvalue weighted by molar-refractivity contribution is 0.475. The molecule has 5 heteroatoms. The molecule has 0 amide bonds. The summed E-state index contributed by atoms with van der Waals surface area (Å²) in [6, 6.07) is 7.17. The lowest BCUT2D eigenvalue weighted by atomic mass is 10.3. The Labute approximate surface area is 116 Å².